The molecule has 5 heteroatoms. The van der Waals surface area contributed by atoms with Crippen LogP contribution in [0.15, 0.2) is 59.5 Å². The van der Waals surface area contributed by atoms with E-state index in [-0.39, 0.29) is 0 Å². The molecule has 0 saturated carbocycles. The Morgan fingerprint density at radius 3 is 2.41 bits per heavy atom. The molecular formula is C22H25F3OS. The van der Waals surface area contributed by atoms with E-state index in [1.54, 1.807) is 23.9 Å². The van der Waals surface area contributed by atoms with E-state index < -0.39 is 11.7 Å². The molecule has 0 bridgehead atoms. The number of benzene rings is 2. The quantitative estimate of drug-likeness (QED) is 0.332. The number of aryl methyl sites for hydroxylation is 2. The zero-order valence-corrected chi connectivity index (χ0v) is 16.6. The molecule has 27 heavy (non-hydrogen) atoms. The Bertz CT molecular complexity index is 751. The molecule has 0 N–H and O–H groups in total. The van der Waals surface area contributed by atoms with Crippen LogP contribution < -0.4 is 4.74 Å². The third-order valence-electron chi connectivity index (χ3n) is 4.10. The van der Waals surface area contributed by atoms with E-state index in [1.165, 1.54) is 0 Å². The standard InChI is InChI=1S/C22H25F3OS/c1-4-13-26-21-12-11-20(14-17(21)3)27-15-16(2)5-6-18-7-9-19(10-8-18)22(23,24)25/h7-12,14H,2,4-6,13,15H2,1,3H3. The van der Waals surface area contributed by atoms with Crippen LogP contribution in [0.2, 0.25) is 0 Å². The Labute approximate surface area is 163 Å². The first-order valence-corrected chi connectivity index (χ1v) is 9.97. The van der Waals surface area contributed by atoms with E-state index in [0.717, 1.165) is 58.1 Å². The van der Waals surface area contributed by atoms with Crippen molar-refractivity contribution in [2.24, 2.45) is 0 Å². The molecule has 2 aromatic carbocycles. The minimum Gasteiger partial charge on any atom is -0.493 e. The number of hydrogen-bond acceptors (Lipinski definition) is 2. The van der Waals surface area contributed by atoms with Crippen LogP contribution in [0.25, 0.3) is 0 Å². The number of thioether (sulfide) groups is 1. The van der Waals surface area contributed by atoms with Crippen molar-refractivity contribution in [3.63, 3.8) is 0 Å². The molecule has 0 aromatic heterocycles. The van der Waals surface area contributed by atoms with Gasteiger partial charge in [-0.2, -0.15) is 13.2 Å². The maximum atomic E-state index is 12.6. The van der Waals surface area contributed by atoms with Crippen molar-refractivity contribution in [2.45, 2.75) is 44.2 Å². The van der Waals surface area contributed by atoms with Gasteiger partial charge in [0, 0.05) is 10.6 Å². The van der Waals surface area contributed by atoms with Crippen LogP contribution in [-0.4, -0.2) is 12.4 Å². The van der Waals surface area contributed by atoms with Crippen LogP contribution in [-0.2, 0) is 12.6 Å². The van der Waals surface area contributed by atoms with Crippen LogP contribution in [0.3, 0.4) is 0 Å². The predicted octanol–water partition coefficient (Wildman–Crippen LogP) is 7.08. The van der Waals surface area contributed by atoms with Gasteiger partial charge in [0.05, 0.1) is 12.2 Å². The summed E-state index contributed by atoms with van der Waals surface area (Å²) in [6.07, 6.45) is -1.85. The van der Waals surface area contributed by atoms with Gasteiger partial charge in [-0.05, 0) is 67.6 Å². The highest BCUT2D eigenvalue weighted by molar-refractivity contribution is 7.99. The van der Waals surface area contributed by atoms with E-state index >= 15 is 0 Å². The van der Waals surface area contributed by atoms with Crippen LogP contribution in [0.1, 0.15) is 36.5 Å². The fourth-order valence-corrected chi connectivity index (χ4v) is 3.46. The van der Waals surface area contributed by atoms with Gasteiger partial charge in [-0.15, -0.1) is 11.8 Å². The molecule has 0 amide bonds. The third-order valence-corrected chi connectivity index (χ3v) is 5.24. The summed E-state index contributed by atoms with van der Waals surface area (Å²) in [5, 5.41) is 0. The van der Waals surface area contributed by atoms with Crippen molar-refractivity contribution < 1.29 is 17.9 Å². The molecule has 146 valence electrons. The maximum absolute atomic E-state index is 12.6. The van der Waals surface area contributed by atoms with Gasteiger partial charge >= 0.3 is 6.18 Å². The van der Waals surface area contributed by atoms with Gasteiger partial charge < -0.3 is 4.74 Å². The highest BCUT2D eigenvalue weighted by atomic mass is 32.2. The molecule has 0 spiro atoms. The average molecular weight is 395 g/mol. The average Bonchev–Trinajstić information content (AvgIpc) is 2.63. The molecule has 0 aliphatic carbocycles. The van der Waals surface area contributed by atoms with E-state index in [4.69, 9.17) is 4.74 Å². The Morgan fingerprint density at radius 1 is 1.11 bits per heavy atom. The van der Waals surface area contributed by atoms with Gasteiger partial charge in [-0.3, -0.25) is 0 Å². The summed E-state index contributed by atoms with van der Waals surface area (Å²) < 4.78 is 43.4. The lowest BCUT2D eigenvalue weighted by Crippen LogP contribution is -2.04. The van der Waals surface area contributed by atoms with E-state index in [0.29, 0.717) is 13.0 Å². The van der Waals surface area contributed by atoms with Crippen molar-refractivity contribution in [3.8, 4) is 5.75 Å². The Morgan fingerprint density at radius 2 is 1.81 bits per heavy atom. The predicted molar refractivity (Wildman–Crippen MR) is 107 cm³/mol. The molecule has 2 aromatic rings. The number of alkyl halides is 3. The number of rotatable bonds is 9. The lowest BCUT2D eigenvalue weighted by atomic mass is 10.0. The highest BCUT2D eigenvalue weighted by Gasteiger charge is 2.29. The van der Waals surface area contributed by atoms with Gasteiger partial charge in [0.1, 0.15) is 5.75 Å². The molecule has 0 fully saturated rings. The number of hydrogen-bond donors (Lipinski definition) is 0. The molecule has 0 heterocycles. The van der Waals surface area contributed by atoms with E-state index in [1.807, 2.05) is 19.1 Å². The first-order chi connectivity index (χ1) is 12.8. The largest absolute Gasteiger partial charge is 0.493 e. The fraction of sp³-hybridized carbons (Fsp3) is 0.364. The number of halogens is 3. The molecule has 0 atom stereocenters. The monoisotopic (exact) mass is 394 g/mol. The minimum atomic E-state index is -4.28. The lowest BCUT2D eigenvalue weighted by molar-refractivity contribution is -0.137. The summed E-state index contributed by atoms with van der Waals surface area (Å²) in [4.78, 5) is 1.16. The van der Waals surface area contributed by atoms with Crippen LogP contribution in [0, 0.1) is 6.92 Å². The molecule has 0 saturated heterocycles. The topological polar surface area (TPSA) is 9.23 Å². The molecule has 2 rings (SSSR count). The van der Waals surface area contributed by atoms with Crippen molar-refractivity contribution >= 4 is 11.8 Å². The van der Waals surface area contributed by atoms with E-state index in [2.05, 4.69) is 19.6 Å². The highest BCUT2D eigenvalue weighted by Crippen LogP contribution is 2.30. The molecule has 0 aliphatic rings. The molecular weight excluding hydrogens is 369 g/mol. The Kier molecular flexibility index (Phi) is 7.84. The lowest BCUT2D eigenvalue weighted by Gasteiger charge is -2.11. The van der Waals surface area contributed by atoms with Gasteiger partial charge in [-0.25, -0.2) is 0 Å². The van der Waals surface area contributed by atoms with Crippen LogP contribution >= 0.6 is 11.8 Å². The zero-order valence-electron chi connectivity index (χ0n) is 15.7. The third kappa shape index (κ3) is 6.98. The number of ether oxygens (including phenoxy) is 1. The van der Waals surface area contributed by atoms with Crippen molar-refractivity contribution in [3.05, 3.63) is 71.3 Å². The first kappa shape index (κ1) is 21.4. The summed E-state index contributed by atoms with van der Waals surface area (Å²) in [5.74, 6) is 1.71. The normalized spacial score (nSPS) is 11.4. The molecule has 0 radical (unpaired) electrons. The Hall–Kier alpha value is -1.88. The summed E-state index contributed by atoms with van der Waals surface area (Å²) in [7, 11) is 0. The second kappa shape index (κ2) is 9.88. The van der Waals surface area contributed by atoms with Crippen LogP contribution in [0.4, 0.5) is 13.2 Å². The van der Waals surface area contributed by atoms with Crippen molar-refractivity contribution in [1.82, 2.24) is 0 Å². The zero-order chi connectivity index (χ0) is 19.9. The van der Waals surface area contributed by atoms with Crippen molar-refractivity contribution in [1.29, 1.82) is 0 Å². The first-order valence-electron chi connectivity index (χ1n) is 8.98. The van der Waals surface area contributed by atoms with Crippen LogP contribution in [0.5, 0.6) is 5.75 Å². The molecule has 0 unspecified atom stereocenters. The summed E-state index contributed by atoms with van der Waals surface area (Å²) in [5.41, 5.74) is 2.47. The SMILES string of the molecule is C=C(CCc1ccc(C(F)(F)F)cc1)CSc1ccc(OCCC)c(C)c1. The smallest absolute Gasteiger partial charge is 0.416 e. The summed E-state index contributed by atoms with van der Waals surface area (Å²) in [6, 6.07) is 11.5. The second-order valence-corrected chi connectivity index (χ2v) is 7.56. The van der Waals surface area contributed by atoms with Crippen molar-refractivity contribution in [2.75, 3.05) is 12.4 Å². The van der Waals surface area contributed by atoms with Gasteiger partial charge in [0.25, 0.3) is 0 Å². The minimum absolute atomic E-state index is 0.609. The Balaban J connectivity index is 1.80. The maximum Gasteiger partial charge on any atom is 0.416 e. The summed E-state index contributed by atoms with van der Waals surface area (Å²) in [6.45, 7) is 8.93. The van der Waals surface area contributed by atoms with E-state index in [9.17, 15) is 13.2 Å². The fourth-order valence-electron chi connectivity index (χ4n) is 2.52. The molecule has 1 nitrogen and oxygen atoms in total. The van der Waals surface area contributed by atoms with Gasteiger partial charge in [-0.1, -0.05) is 31.2 Å². The van der Waals surface area contributed by atoms with Gasteiger partial charge in [0.15, 0.2) is 0 Å². The summed E-state index contributed by atoms with van der Waals surface area (Å²) >= 11 is 1.71. The van der Waals surface area contributed by atoms with Gasteiger partial charge in [0.2, 0.25) is 0 Å². The second-order valence-electron chi connectivity index (χ2n) is 6.51. The molecule has 0 aliphatic heterocycles.